The molecule has 0 radical (unpaired) electrons. The average molecular weight is 399 g/mol. The molecule has 2 fully saturated rings. The molecule has 2 amide bonds. The Morgan fingerprint density at radius 2 is 1.66 bits per heavy atom. The van der Waals surface area contributed by atoms with E-state index in [1.54, 1.807) is 13.0 Å². The van der Waals surface area contributed by atoms with Gasteiger partial charge in [0.1, 0.15) is 11.6 Å². The van der Waals surface area contributed by atoms with E-state index in [-0.39, 0.29) is 17.4 Å². The molecule has 1 aliphatic heterocycles. The summed E-state index contributed by atoms with van der Waals surface area (Å²) in [5.74, 6) is -2.19. The summed E-state index contributed by atoms with van der Waals surface area (Å²) in [5.41, 5.74) is 1.63. The second-order valence-electron chi connectivity index (χ2n) is 7.62. The van der Waals surface area contributed by atoms with E-state index in [0.717, 1.165) is 18.8 Å². The van der Waals surface area contributed by atoms with E-state index in [1.165, 1.54) is 18.2 Å². The number of carbonyl (C=O) groups excluding carboxylic acids is 2. The summed E-state index contributed by atoms with van der Waals surface area (Å²) >= 11 is 0. The van der Waals surface area contributed by atoms with E-state index in [9.17, 15) is 18.4 Å². The predicted molar refractivity (Wildman–Crippen MR) is 107 cm³/mol. The van der Waals surface area contributed by atoms with Crippen LogP contribution in [0.2, 0.25) is 0 Å². The third kappa shape index (κ3) is 4.09. The molecule has 1 saturated heterocycles. The van der Waals surface area contributed by atoms with E-state index < -0.39 is 23.5 Å². The highest BCUT2D eigenvalue weighted by atomic mass is 19.1. The number of nitrogens with one attached hydrogen (secondary N) is 1. The zero-order valence-electron chi connectivity index (χ0n) is 16.2. The van der Waals surface area contributed by atoms with Crippen LogP contribution in [0.1, 0.15) is 24.8 Å². The van der Waals surface area contributed by atoms with Gasteiger partial charge in [0, 0.05) is 61.9 Å². The SMILES string of the molecule is CC(=O)N1CCN(c2cccc(NC(=O)C3CC3c3c(F)cccc3F)c2)CC1. The Labute approximate surface area is 168 Å². The molecule has 2 aromatic rings. The zero-order valence-corrected chi connectivity index (χ0v) is 16.2. The summed E-state index contributed by atoms with van der Waals surface area (Å²) < 4.78 is 27.9. The highest BCUT2D eigenvalue weighted by molar-refractivity contribution is 5.95. The molecule has 152 valence electrons. The molecule has 4 rings (SSSR count). The Hall–Kier alpha value is -2.96. The van der Waals surface area contributed by atoms with Crippen molar-refractivity contribution in [1.29, 1.82) is 0 Å². The van der Waals surface area contributed by atoms with Gasteiger partial charge in [0.25, 0.3) is 0 Å². The predicted octanol–water partition coefficient (Wildman–Crippen LogP) is 3.38. The first-order valence-corrected chi connectivity index (χ1v) is 9.79. The molecule has 2 aromatic carbocycles. The zero-order chi connectivity index (χ0) is 20.5. The van der Waals surface area contributed by atoms with Crippen molar-refractivity contribution in [2.75, 3.05) is 36.4 Å². The molecule has 1 aliphatic carbocycles. The van der Waals surface area contributed by atoms with Gasteiger partial charge in [-0.3, -0.25) is 9.59 Å². The number of hydrogen-bond acceptors (Lipinski definition) is 3. The second-order valence-corrected chi connectivity index (χ2v) is 7.62. The smallest absolute Gasteiger partial charge is 0.228 e. The maximum Gasteiger partial charge on any atom is 0.228 e. The molecule has 29 heavy (non-hydrogen) atoms. The lowest BCUT2D eigenvalue weighted by Crippen LogP contribution is -2.48. The Kier molecular flexibility index (Phi) is 5.22. The van der Waals surface area contributed by atoms with Gasteiger partial charge < -0.3 is 15.1 Å². The lowest BCUT2D eigenvalue weighted by molar-refractivity contribution is -0.129. The van der Waals surface area contributed by atoms with Crippen LogP contribution in [-0.2, 0) is 9.59 Å². The van der Waals surface area contributed by atoms with Gasteiger partial charge in [0.05, 0.1) is 0 Å². The molecule has 1 N–H and O–H groups in total. The van der Waals surface area contributed by atoms with Gasteiger partial charge in [-0.05, 0) is 36.8 Å². The van der Waals surface area contributed by atoms with Gasteiger partial charge in [0.2, 0.25) is 11.8 Å². The molecule has 5 nitrogen and oxygen atoms in total. The number of hydrogen-bond donors (Lipinski definition) is 1. The van der Waals surface area contributed by atoms with E-state index in [2.05, 4.69) is 10.2 Å². The molecule has 2 unspecified atom stereocenters. The van der Waals surface area contributed by atoms with Crippen LogP contribution in [0, 0.1) is 17.6 Å². The van der Waals surface area contributed by atoms with Crippen molar-refractivity contribution in [3.63, 3.8) is 0 Å². The Morgan fingerprint density at radius 3 is 2.31 bits per heavy atom. The molecule has 2 aliphatic rings. The molecule has 7 heteroatoms. The number of anilines is 2. The van der Waals surface area contributed by atoms with Crippen molar-refractivity contribution in [3.05, 3.63) is 59.7 Å². The van der Waals surface area contributed by atoms with Crippen LogP contribution < -0.4 is 10.2 Å². The molecular weight excluding hydrogens is 376 g/mol. The molecule has 0 spiro atoms. The Bertz CT molecular complexity index is 921. The number of benzene rings is 2. The number of amides is 2. The summed E-state index contributed by atoms with van der Waals surface area (Å²) in [5, 5.41) is 2.87. The first-order chi connectivity index (χ1) is 13.9. The first kappa shape index (κ1) is 19.4. The van der Waals surface area contributed by atoms with Crippen LogP contribution >= 0.6 is 0 Å². The third-order valence-electron chi connectivity index (χ3n) is 5.70. The molecule has 2 atom stereocenters. The number of rotatable bonds is 4. The molecule has 1 saturated carbocycles. The van der Waals surface area contributed by atoms with E-state index in [0.29, 0.717) is 25.2 Å². The normalized spacial score (nSPS) is 21.1. The lowest BCUT2D eigenvalue weighted by Gasteiger charge is -2.35. The van der Waals surface area contributed by atoms with Crippen LogP contribution in [0.3, 0.4) is 0 Å². The summed E-state index contributed by atoms with van der Waals surface area (Å²) in [4.78, 5) is 28.0. The van der Waals surface area contributed by atoms with E-state index in [1.807, 2.05) is 23.1 Å². The van der Waals surface area contributed by atoms with Crippen molar-refractivity contribution < 1.29 is 18.4 Å². The average Bonchev–Trinajstić information content (AvgIpc) is 3.49. The Balaban J connectivity index is 1.39. The summed E-state index contributed by atoms with van der Waals surface area (Å²) in [6.45, 7) is 4.38. The van der Waals surface area contributed by atoms with Gasteiger partial charge in [-0.1, -0.05) is 12.1 Å². The van der Waals surface area contributed by atoms with Crippen molar-refractivity contribution >= 4 is 23.2 Å². The standard InChI is InChI=1S/C22H23F2N3O2/c1-14(28)26-8-10-27(11-9-26)16-5-2-4-15(12-16)25-22(29)18-13-17(18)21-19(23)6-3-7-20(21)24/h2-7,12,17-18H,8-11,13H2,1H3,(H,25,29). The minimum atomic E-state index is -0.600. The summed E-state index contributed by atoms with van der Waals surface area (Å²) in [6.07, 6.45) is 0.441. The van der Waals surface area contributed by atoms with Crippen LogP contribution in [-0.4, -0.2) is 42.9 Å². The topological polar surface area (TPSA) is 52.7 Å². The Morgan fingerprint density at radius 1 is 1.00 bits per heavy atom. The van der Waals surface area contributed by atoms with E-state index >= 15 is 0 Å². The van der Waals surface area contributed by atoms with Crippen LogP contribution in [0.25, 0.3) is 0 Å². The van der Waals surface area contributed by atoms with Gasteiger partial charge in [0.15, 0.2) is 0 Å². The minimum Gasteiger partial charge on any atom is -0.368 e. The van der Waals surface area contributed by atoms with Crippen LogP contribution in [0.5, 0.6) is 0 Å². The van der Waals surface area contributed by atoms with E-state index in [4.69, 9.17) is 0 Å². The minimum absolute atomic E-state index is 0.00439. The lowest BCUT2D eigenvalue weighted by atomic mass is 10.1. The molecule has 1 heterocycles. The molecule has 0 bridgehead atoms. The number of carbonyl (C=O) groups is 2. The summed E-state index contributed by atoms with van der Waals surface area (Å²) in [7, 11) is 0. The summed E-state index contributed by atoms with van der Waals surface area (Å²) in [6, 6.07) is 11.3. The largest absolute Gasteiger partial charge is 0.368 e. The van der Waals surface area contributed by atoms with Crippen molar-refractivity contribution in [2.24, 2.45) is 5.92 Å². The fourth-order valence-electron chi connectivity index (χ4n) is 3.96. The quantitative estimate of drug-likeness (QED) is 0.858. The van der Waals surface area contributed by atoms with Crippen molar-refractivity contribution in [3.8, 4) is 0 Å². The third-order valence-corrected chi connectivity index (χ3v) is 5.70. The monoisotopic (exact) mass is 399 g/mol. The van der Waals surface area contributed by atoms with Crippen molar-refractivity contribution in [2.45, 2.75) is 19.3 Å². The van der Waals surface area contributed by atoms with Crippen LogP contribution in [0.4, 0.5) is 20.2 Å². The first-order valence-electron chi connectivity index (χ1n) is 9.79. The fraction of sp³-hybridized carbons (Fsp3) is 0.364. The highest BCUT2D eigenvalue weighted by Crippen LogP contribution is 2.49. The van der Waals surface area contributed by atoms with Gasteiger partial charge in [-0.2, -0.15) is 0 Å². The van der Waals surface area contributed by atoms with Crippen LogP contribution in [0.15, 0.2) is 42.5 Å². The molecular formula is C22H23F2N3O2. The second kappa shape index (κ2) is 7.81. The van der Waals surface area contributed by atoms with Gasteiger partial charge in [-0.25, -0.2) is 8.78 Å². The fourth-order valence-corrected chi connectivity index (χ4v) is 3.96. The van der Waals surface area contributed by atoms with Gasteiger partial charge in [-0.15, -0.1) is 0 Å². The molecule has 0 aromatic heterocycles. The highest BCUT2D eigenvalue weighted by Gasteiger charge is 2.46. The number of piperazine rings is 1. The maximum absolute atomic E-state index is 13.9. The number of halogens is 2. The number of nitrogens with zero attached hydrogens (tertiary/aromatic N) is 2. The van der Waals surface area contributed by atoms with Gasteiger partial charge >= 0.3 is 0 Å². The maximum atomic E-state index is 13.9. The van der Waals surface area contributed by atoms with Crippen molar-refractivity contribution in [1.82, 2.24) is 4.90 Å².